The number of benzene rings is 1. The largest absolute Gasteiger partial charge is 0.480 e. The quantitative estimate of drug-likeness (QED) is 0.757. The van der Waals surface area contributed by atoms with Crippen molar-refractivity contribution >= 4 is 12.0 Å². The molecule has 1 fully saturated rings. The molecule has 0 aliphatic heterocycles. The number of amides is 2. The van der Waals surface area contributed by atoms with Gasteiger partial charge in [-0.15, -0.1) is 0 Å². The molecule has 0 spiro atoms. The second-order valence-corrected chi connectivity index (χ2v) is 6.92. The number of carbonyl (C=O) groups excluding carboxylic acids is 1. The number of likely N-dealkylation sites (N-methyl/N-ethyl adjacent to an activating group) is 2. The number of nitrogens with one attached hydrogen (secondary N) is 1. The topological polar surface area (TPSA) is 72.9 Å². The van der Waals surface area contributed by atoms with E-state index in [9.17, 15) is 9.59 Å². The molecule has 2 rings (SSSR count). The van der Waals surface area contributed by atoms with Crippen LogP contribution < -0.4 is 5.32 Å². The molecule has 1 aromatic rings. The molecule has 6 heteroatoms. The summed E-state index contributed by atoms with van der Waals surface area (Å²) in [5, 5.41) is 12.0. The molecule has 0 heterocycles. The van der Waals surface area contributed by atoms with Gasteiger partial charge in [-0.2, -0.15) is 0 Å². The van der Waals surface area contributed by atoms with Crippen molar-refractivity contribution in [1.82, 2.24) is 15.1 Å². The predicted octanol–water partition coefficient (Wildman–Crippen LogP) is 2.37. The summed E-state index contributed by atoms with van der Waals surface area (Å²) in [4.78, 5) is 26.9. The van der Waals surface area contributed by atoms with E-state index in [0.717, 1.165) is 12.8 Å². The molecule has 0 radical (unpaired) electrons. The molecular formula is C19H29N3O3. The molecule has 0 aromatic heterocycles. The van der Waals surface area contributed by atoms with Gasteiger partial charge < -0.3 is 15.3 Å². The van der Waals surface area contributed by atoms with Crippen molar-refractivity contribution in [2.75, 3.05) is 26.7 Å². The maximum absolute atomic E-state index is 12.3. The third-order valence-electron chi connectivity index (χ3n) is 4.96. The van der Waals surface area contributed by atoms with Crippen LogP contribution >= 0.6 is 0 Å². The maximum Gasteiger partial charge on any atom is 0.317 e. The van der Waals surface area contributed by atoms with Gasteiger partial charge in [-0.25, -0.2) is 4.79 Å². The van der Waals surface area contributed by atoms with E-state index in [-0.39, 0.29) is 30.6 Å². The molecule has 1 atom stereocenters. The number of hydrogen-bond donors (Lipinski definition) is 2. The van der Waals surface area contributed by atoms with Crippen molar-refractivity contribution in [2.24, 2.45) is 0 Å². The number of carbonyl (C=O) groups is 2. The summed E-state index contributed by atoms with van der Waals surface area (Å²) >= 11 is 0. The zero-order chi connectivity index (χ0) is 18.4. The minimum atomic E-state index is -0.802. The Balaban J connectivity index is 1.74. The third-order valence-corrected chi connectivity index (χ3v) is 4.96. The van der Waals surface area contributed by atoms with E-state index in [1.54, 1.807) is 4.90 Å². The number of carboxylic acid groups (broad SMARTS) is 1. The van der Waals surface area contributed by atoms with Crippen LogP contribution in [0.1, 0.15) is 38.2 Å². The molecule has 0 saturated heterocycles. The first kappa shape index (κ1) is 19.2. The Morgan fingerprint density at radius 1 is 1.28 bits per heavy atom. The van der Waals surface area contributed by atoms with E-state index >= 15 is 0 Å². The number of aliphatic carboxylic acids is 1. The molecule has 1 saturated carbocycles. The normalized spacial score (nSPS) is 20.6. The van der Waals surface area contributed by atoms with Gasteiger partial charge in [-0.1, -0.05) is 44.2 Å². The van der Waals surface area contributed by atoms with E-state index in [1.807, 2.05) is 37.1 Å². The van der Waals surface area contributed by atoms with Crippen LogP contribution in [0.25, 0.3) is 0 Å². The lowest BCUT2D eigenvalue weighted by atomic mass is 9.85. The molecule has 138 valence electrons. The second-order valence-electron chi connectivity index (χ2n) is 6.92. The minimum Gasteiger partial charge on any atom is -0.480 e. The van der Waals surface area contributed by atoms with Gasteiger partial charge in [0.15, 0.2) is 0 Å². The first-order chi connectivity index (χ1) is 11.9. The minimum absolute atomic E-state index is 0.0625. The van der Waals surface area contributed by atoms with E-state index in [1.165, 1.54) is 5.56 Å². The summed E-state index contributed by atoms with van der Waals surface area (Å²) < 4.78 is 0. The maximum atomic E-state index is 12.3. The molecule has 0 bridgehead atoms. The Labute approximate surface area is 149 Å². The molecule has 1 aromatic carbocycles. The molecule has 2 N–H and O–H groups in total. The van der Waals surface area contributed by atoms with Crippen molar-refractivity contribution < 1.29 is 14.7 Å². The number of nitrogens with zero attached hydrogens (tertiary/aromatic N) is 2. The molecule has 6 nitrogen and oxygen atoms in total. The monoisotopic (exact) mass is 347 g/mol. The molecule has 25 heavy (non-hydrogen) atoms. The Bertz CT molecular complexity index is 573. The van der Waals surface area contributed by atoms with Crippen molar-refractivity contribution in [3.8, 4) is 0 Å². The van der Waals surface area contributed by atoms with Gasteiger partial charge in [-0.05, 0) is 30.9 Å². The van der Waals surface area contributed by atoms with Gasteiger partial charge >= 0.3 is 12.0 Å². The Morgan fingerprint density at radius 3 is 2.48 bits per heavy atom. The fourth-order valence-electron chi connectivity index (χ4n) is 3.34. The summed E-state index contributed by atoms with van der Waals surface area (Å²) in [5.41, 5.74) is 1.22. The van der Waals surface area contributed by atoms with Gasteiger partial charge in [0, 0.05) is 25.7 Å². The number of carboxylic acids is 1. The van der Waals surface area contributed by atoms with Crippen LogP contribution in [0.5, 0.6) is 0 Å². The standard InChI is InChI=1S/C19H29N3O3/c1-4-22(13-18(23)24)17-10-16(11-17)20-19(25)21(3)12-14(2)15-8-6-5-7-9-15/h5-9,14,16-17H,4,10-13H2,1-3H3,(H,20,25)(H,23,24). The first-order valence-electron chi connectivity index (χ1n) is 8.93. The average molecular weight is 347 g/mol. The van der Waals surface area contributed by atoms with Crippen molar-refractivity contribution in [2.45, 2.75) is 44.7 Å². The fourth-order valence-corrected chi connectivity index (χ4v) is 3.34. The van der Waals surface area contributed by atoms with Crippen LogP contribution in [0.2, 0.25) is 0 Å². The summed E-state index contributed by atoms with van der Waals surface area (Å²) in [7, 11) is 1.81. The highest BCUT2D eigenvalue weighted by Crippen LogP contribution is 2.26. The smallest absolute Gasteiger partial charge is 0.317 e. The highest BCUT2D eigenvalue weighted by Gasteiger charge is 2.35. The van der Waals surface area contributed by atoms with Crippen molar-refractivity contribution in [1.29, 1.82) is 0 Å². The van der Waals surface area contributed by atoms with E-state index in [4.69, 9.17) is 5.11 Å². The zero-order valence-electron chi connectivity index (χ0n) is 15.3. The van der Waals surface area contributed by atoms with Gasteiger partial charge in [0.1, 0.15) is 0 Å². The van der Waals surface area contributed by atoms with Crippen LogP contribution in [0.3, 0.4) is 0 Å². The van der Waals surface area contributed by atoms with Crippen LogP contribution in [0, 0.1) is 0 Å². The summed E-state index contributed by atoms with van der Waals surface area (Å²) in [5.74, 6) is -0.527. The Morgan fingerprint density at radius 2 is 1.92 bits per heavy atom. The summed E-state index contributed by atoms with van der Waals surface area (Å²) in [6, 6.07) is 10.5. The summed E-state index contributed by atoms with van der Waals surface area (Å²) in [6.07, 6.45) is 1.63. The number of hydrogen-bond acceptors (Lipinski definition) is 3. The van der Waals surface area contributed by atoms with Gasteiger partial charge in [0.25, 0.3) is 0 Å². The summed E-state index contributed by atoms with van der Waals surface area (Å²) in [6.45, 7) is 5.52. The highest BCUT2D eigenvalue weighted by atomic mass is 16.4. The van der Waals surface area contributed by atoms with Crippen LogP contribution in [-0.2, 0) is 4.79 Å². The van der Waals surface area contributed by atoms with Crippen LogP contribution in [0.15, 0.2) is 30.3 Å². The molecular weight excluding hydrogens is 318 g/mol. The third kappa shape index (κ3) is 5.46. The van der Waals surface area contributed by atoms with E-state index < -0.39 is 5.97 Å². The lowest BCUT2D eigenvalue weighted by molar-refractivity contribution is -0.139. The Hall–Kier alpha value is -2.08. The molecule has 1 aliphatic carbocycles. The molecule has 2 amide bonds. The van der Waals surface area contributed by atoms with Crippen molar-refractivity contribution in [3.63, 3.8) is 0 Å². The zero-order valence-corrected chi connectivity index (χ0v) is 15.3. The average Bonchev–Trinajstić information content (AvgIpc) is 2.56. The van der Waals surface area contributed by atoms with Gasteiger partial charge in [0.05, 0.1) is 6.54 Å². The van der Waals surface area contributed by atoms with Crippen molar-refractivity contribution in [3.05, 3.63) is 35.9 Å². The lowest BCUT2D eigenvalue weighted by Gasteiger charge is -2.42. The highest BCUT2D eigenvalue weighted by molar-refractivity contribution is 5.74. The number of rotatable bonds is 8. The van der Waals surface area contributed by atoms with E-state index in [2.05, 4.69) is 24.4 Å². The van der Waals surface area contributed by atoms with Crippen LogP contribution in [0.4, 0.5) is 4.79 Å². The van der Waals surface area contributed by atoms with Gasteiger partial charge in [0.2, 0.25) is 0 Å². The predicted molar refractivity (Wildman–Crippen MR) is 97.7 cm³/mol. The van der Waals surface area contributed by atoms with Crippen LogP contribution in [-0.4, -0.2) is 65.7 Å². The fraction of sp³-hybridized carbons (Fsp3) is 0.579. The second kappa shape index (κ2) is 8.85. The van der Waals surface area contributed by atoms with Gasteiger partial charge in [-0.3, -0.25) is 9.69 Å². The molecule has 1 aliphatic rings. The van der Waals surface area contributed by atoms with E-state index in [0.29, 0.717) is 13.1 Å². The number of urea groups is 1. The Kier molecular flexibility index (Phi) is 6.82. The first-order valence-corrected chi connectivity index (χ1v) is 8.93. The lowest BCUT2D eigenvalue weighted by Crippen LogP contribution is -2.56. The SMILES string of the molecule is CCN(CC(=O)O)C1CC(NC(=O)N(C)CC(C)c2ccccc2)C1. The molecule has 1 unspecified atom stereocenters.